The number of hydrogen-bond donors (Lipinski definition) is 0. The van der Waals surface area contributed by atoms with Crippen molar-refractivity contribution in [1.82, 2.24) is 0 Å². The van der Waals surface area contributed by atoms with Crippen LogP contribution in [0.15, 0.2) is 36.4 Å². The lowest BCUT2D eigenvalue weighted by Crippen LogP contribution is -2.12. The maximum absolute atomic E-state index is 8.91. The minimum atomic E-state index is -0.0161. The molecule has 0 saturated heterocycles. The summed E-state index contributed by atoms with van der Waals surface area (Å²) in [6.07, 6.45) is 0. The highest BCUT2D eigenvalue weighted by molar-refractivity contribution is 6.31. The van der Waals surface area contributed by atoms with Gasteiger partial charge in [-0.05, 0) is 30.5 Å². The van der Waals surface area contributed by atoms with E-state index >= 15 is 0 Å². The third-order valence-corrected chi connectivity index (χ3v) is 3.54. The number of nitriles is 1. The zero-order valence-electron chi connectivity index (χ0n) is 12.7. The molecule has 3 heteroatoms. The topological polar surface area (TPSA) is 33.0 Å². The van der Waals surface area contributed by atoms with Gasteiger partial charge in [-0.25, -0.2) is 0 Å². The van der Waals surface area contributed by atoms with Crippen LogP contribution >= 0.6 is 11.6 Å². The van der Waals surface area contributed by atoms with Crippen LogP contribution in [-0.4, -0.2) is 0 Å². The lowest BCUT2D eigenvalue weighted by Gasteiger charge is -2.23. The van der Waals surface area contributed by atoms with Crippen molar-refractivity contribution in [2.75, 3.05) is 0 Å². The second-order valence-electron chi connectivity index (χ2n) is 6.11. The molecule has 0 spiro atoms. The molecule has 0 N–H and O–H groups in total. The number of hydrogen-bond acceptors (Lipinski definition) is 2. The summed E-state index contributed by atoms with van der Waals surface area (Å²) >= 11 is 6.05. The van der Waals surface area contributed by atoms with Crippen molar-refractivity contribution in [3.8, 4) is 17.6 Å². The Morgan fingerprint density at radius 3 is 2.38 bits per heavy atom. The Kier molecular flexibility index (Phi) is 4.25. The van der Waals surface area contributed by atoms with Crippen molar-refractivity contribution >= 4 is 11.6 Å². The molecule has 2 nitrogen and oxygen atoms in total. The first-order valence-electron chi connectivity index (χ1n) is 6.80. The average molecular weight is 300 g/mol. The Bertz CT molecular complexity index is 708. The van der Waals surface area contributed by atoms with E-state index in [2.05, 4.69) is 33.8 Å². The maximum Gasteiger partial charge on any atom is 0.131 e. The van der Waals surface area contributed by atoms with Gasteiger partial charge in [-0.3, -0.25) is 0 Å². The average Bonchev–Trinajstić information content (AvgIpc) is 2.40. The second-order valence-corrected chi connectivity index (χ2v) is 6.51. The number of halogens is 1. The summed E-state index contributed by atoms with van der Waals surface area (Å²) in [4.78, 5) is 0. The normalized spacial score (nSPS) is 11.0. The van der Waals surface area contributed by atoms with Gasteiger partial charge in [0.15, 0.2) is 0 Å². The van der Waals surface area contributed by atoms with Gasteiger partial charge in [0, 0.05) is 11.6 Å². The first-order chi connectivity index (χ1) is 9.81. The van der Waals surface area contributed by atoms with Crippen LogP contribution in [0.25, 0.3) is 0 Å². The summed E-state index contributed by atoms with van der Waals surface area (Å²) in [5, 5.41) is 9.31. The number of benzene rings is 2. The van der Waals surface area contributed by atoms with Crippen LogP contribution in [0.5, 0.6) is 11.5 Å². The Morgan fingerprint density at radius 1 is 1.10 bits per heavy atom. The van der Waals surface area contributed by atoms with Crippen molar-refractivity contribution in [1.29, 1.82) is 5.26 Å². The predicted molar refractivity (Wildman–Crippen MR) is 86.1 cm³/mol. The SMILES string of the molecule is Cc1ccc(Oc2ccc(C#N)c(Cl)c2)c(C(C)(C)C)c1. The van der Waals surface area contributed by atoms with Crippen LogP contribution in [0.1, 0.15) is 37.5 Å². The summed E-state index contributed by atoms with van der Waals surface area (Å²) < 4.78 is 5.98. The number of ether oxygens (including phenoxy) is 1. The highest BCUT2D eigenvalue weighted by Crippen LogP contribution is 2.35. The van der Waals surface area contributed by atoms with Crippen LogP contribution in [0, 0.1) is 18.3 Å². The molecular formula is C18H18ClNO. The van der Waals surface area contributed by atoms with Gasteiger partial charge < -0.3 is 4.74 Å². The quantitative estimate of drug-likeness (QED) is 0.722. The molecule has 0 aliphatic rings. The molecule has 21 heavy (non-hydrogen) atoms. The van der Waals surface area contributed by atoms with Crippen molar-refractivity contribution in [2.24, 2.45) is 0 Å². The number of aryl methyl sites for hydroxylation is 1. The van der Waals surface area contributed by atoms with Gasteiger partial charge in [-0.15, -0.1) is 0 Å². The Labute approximate surface area is 130 Å². The van der Waals surface area contributed by atoms with Crippen LogP contribution in [0.4, 0.5) is 0 Å². The molecule has 2 aromatic carbocycles. The largest absolute Gasteiger partial charge is 0.457 e. The second kappa shape index (κ2) is 5.79. The molecule has 108 valence electrons. The van der Waals surface area contributed by atoms with Gasteiger partial charge in [0.25, 0.3) is 0 Å². The van der Waals surface area contributed by atoms with Gasteiger partial charge in [0.05, 0.1) is 10.6 Å². The summed E-state index contributed by atoms with van der Waals surface area (Å²) in [5.74, 6) is 1.45. The van der Waals surface area contributed by atoms with E-state index in [1.54, 1.807) is 18.2 Å². The van der Waals surface area contributed by atoms with Crippen molar-refractivity contribution in [2.45, 2.75) is 33.1 Å². The summed E-state index contributed by atoms with van der Waals surface area (Å²) in [5.41, 5.74) is 2.77. The molecule has 0 aromatic heterocycles. The standard InChI is InChI=1S/C18H18ClNO/c1-12-5-8-17(15(9-12)18(2,3)4)21-14-7-6-13(11-20)16(19)10-14/h5-10H,1-4H3. The summed E-state index contributed by atoms with van der Waals surface area (Å²) in [7, 11) is 0. The Morgan fingerprint density at radius 2 is 1.81 bits per heavy atom. The monoisotopic (exact) mass is 299 g/mol. The number of rotatable bonds is 2. The summed E-state index contributed by atoms with van der Waals surface area (Å²) in [6.45, 7) is 8.53. The molecule has 0 heterocycles. The Hall–Kier alpha value is -1.98. The van der Waals surface area contributed by atoms with Crippen molar-refractivity contribution in [3.05, 3.63) is 58.1 Å². The first-order valence-corrected chi connectivity index (χ1v) is 7.17. The molecule has 0 bridgehead atoms. The van der Waals surface area contributed by atoms with E-state index in [0.29, 0.717) is 16.3 Å². The molecule has 2 rings (SSSR count). The Balaban J connectivity index is 2.41. The van der Waals surface area contributed by atoms with E-state index < -0.39 is 0 Å². The third kappa shape index (κ3) is 3.56. The van der Waals surface area contributed by atoms with Gasteiger partial charge in [0.2, 0.25) is 0 Å². The lowest BCUT2D eigenvalue weighted by molar-refractivity contribution is 0.455. The molecule has 0 aliphatic carbocycles. The molecule has 2 aromatic rings. The predicted octanol–water partition coefficient (Wildman–Crippen LogP) is 5.61. The zero-order valence-corrected chi connectivity index (χ0v) is 13.5. The molecule has 0 radical (unpaired) electrons. The van der Waals surface area contributed by atoms with Crippen molar-refractivity contribution in [3.63, 3.8) is 0 Å². The third-order valence-electron chi connectivity index (χ3n) is 3.23. The fraction of sp³-hybridized carbons (Fsp3) is 0.278. The van der Waals surface area contributed by atoms with Crippen LogP contribution in [0.3, 0.4) is 0 Å². The van der Waals surface area contributed by atoms with Gasteiger partial charge >= 0.3 is 0 Å². The van der Waals surface area contributed by atoms with E-state index in [-0.39, 0.29) is 5.41 Å². The van der Waals surface area contributed by atoms with Crippen LogP contribution in [0.2, 0.25) is 5.02 Å². The van der Waals surface area contributed by atoms with Crippen LogP contribution in [-0.2, 0) is 5.41 Å². The molecule has 0 atom stereocenters. The minimum absolute atomic E-state index is 0.0161. The van der Waals surface area contributed by atoms with E-state index in [0.717, 1.165) is 11.3 Å². The van der Waals surface area contributed by atoms with Gasteiger partial charge in [-0.1, -0.05) is 50.1 Å². The molecule has 0 aliphatic heterocycles. The van der Waals surface area contributed by atoms with Crippen LogP contribution < -0.4 is 4.74 Å². The molecule has 0 saturated carbocycles. The van der Waals surface area contributed by atoms with Crippen molar-refractivity contribution < 1.29 is 4.74 Å². The fourth-order valence-corrected chi connectivity index (χ4v) is 2.31. The lowest BCUT2D eigenvalue weighted by atomic mass is 9.85. The van der Waals surface area contributed by atoms with Gasteiger partial charge in [0.1, 0.15) is 17.6 Å². The highest BCUT2D eigenvalue weighted by Gasteiger charge is 2.19. The van der Waals surface area contributed by atoms with E-state index in [4.69, 9.17) is 21.6 Å². The highest BCUT2D eigenvalue weighted by atomic mass is 35.5. The smallest absolute Gasteiger partial charge is 0.131 e. The van der Waals surface area contributed by atoms with Gasteiger partial charge in [-0.2, -0.15) is 5.26 Å². The molecular weight excluding hydrogens is 282 g/mol. The van der Waals surface area contributed by atoms with E-state index in [1.165, 1.54) is 5.56 Å². The minimum Gasteiger partial charge on any atom is -0.457 e. The molecule has 0 amide bonds. The van der Waals surface area contributed by atoms with E-state index in [1.807, 2.05) is 18.2 Å². The maximum atomic E-state index is 8.91. The summed E-state index contributed by atoms with van der Waals surface area (Å²) in [6, 6.07) is 13.3. The molecule has 0 fully saturated rings. The molecule has 0 unspecified atom stereocenters. The number of nitrogens with zero attached hydrogens (tertiary/aromatic N) is 1. The zero-order chi connectivity index (χ0) is 15.6. The first kappa shape index (κ1) is 15.4. The fourth-order valence-electron chi connectivity index (χ4n) is 2.10. The van der Waals surface area contributed by atoms with E-state index in [9.17, 15) is 0 Å².